The van der Waals surface area contributed by atoms with Crippen molar-refractivity contribution >= 4 is 5.91 Å². The summed E-state index contributed by atoms with van der Waals surface area (Å²) in [5.41, 5.74) is 4.74. The first-order valence-electron chi connectivity index (χ1n) is 6.04. The van der Waals surface area contributed by atoms with Crippen molar-refractivity contribution in [2.75, 3.05) is 19.6 Å². The van der Waals surface area contributed by atoms with E-state index in [9.17, 15) is 9.90 Å². The minimum absolute atomic E-state index is 0.0851. The number of aliphatic hydroxyl groups is 1. The van der Waals surface area contributed by atoms with Crippen LogP contribution in [0, 0.1) is 5.92 Å². The Kier molecular flexibility index (Phi) is 6.60. The molecule has 16 heavy (non-hydrogen) atoms. The molecule has 3 N–H and O–H groups in total. The summed E-state index contributed by atoms with van der Waals surface area (Å²) in [6, 6.07) is 0. The fourth-order valence-electron chi connectivity index (χ4n) is 1.61. The maximum atomic E-state index is 11.9. The first-order valence-corrected chi connectivity index (χ1v) is 6.04. The Morgan fingerprint density at radius 2 is 2.00 bits per heavy atom. The maximum absolute atomic E-state index is 11.9. The number of likely N-dealkylation sites (N-methyl/N-ethyl adjacent to an activating group) is 1. The third-order valence-corrected chi connectivity index (χ3v) is 2.69. The molecular formula is C12H26N2O2. The van der Waals surface area contributed by atoms with Crippen LogP contribution in [0.3, 0.4) is 0 Å². The van der Waals surface area contributed by atoms with Gasteiger partial charge in [0.2, 0.25) is 5.91 Å². The molecule has 0 aromatic heterocycles. The monoisotopic (exact) mass is 230 g/mol. The molecule has 0 fully saturated rings. The fourth-order valence-corrected chi connectivity index (χ4v) is 1.61. The van der Waals surface area contributed by atoms with Crippen LogP contribution in [0.15, 0.2) is 0 Å². The van der Waals surface area contributed by atoms with Gasteiger partial charge in [-0.15, -0.1) is 0 Å². The van der Waals surface area contributed by atoms with Crippen LogP contribution in [0.4, 0.5) is 0 Å². The van der Waals surface area contributed by atoms with E-state index in [0.717, 1.165) is 6.42 Å². The van der Waals surface area contributed by atoms with E-state index in [1.165, 1.54) is 0 Å². The summed E-state index contributed by atoms with van der Waals surface area (Å²) in [6.07, 6.45) is 1.40. The SMILES string of the molecule is CCC(CN)CC(=O)N(CC)CC(C)(C)O. The quantitative estimate of drug-likeness (QED) is 0.685. The van der Waals surface area contributed by atoms with E-state index < -0.39 is 5.60 Å². The molecule has 0 saturated carbocycles. The van der Waals surface area contributed by atoms with Gasteiger partial charge in [-0.05, 0) is 33.2 Å². The Bertz CT molecular complexity index is 208. The predicted octanol–water partition coefficient (Wildman–Crippen LogP) is 0.981. The lowest BCUT2D eigenvalue weighted by molar-refractivity contribution is -0.134. The summed E-state index contributed by atoms with van der Waals surface area (Å²) in [5.74, 6) is 0.338. The molecule has 0 aliphatic heterocycles. The Morgan fingerprint density at radius 3 is 2.31 bits per heavy atom. The van der Waals surface area contributed by atoms with Gasteiger partial charge in [0.05, 0.1) is 5.60 Å². The highest BCUT2D eigenvalue weighted by Crippen LogP contribution is 2.11. The molecule has 1 amide bonds. The summed E-state index contributed by atoms with van der Waals surface area (Å²) in [4.78, 5) is 13.6. The normalized spacial score (nSPS) is 13.6. The topological polar surface area (TPSA) is 66.6 Å². The van der Waals surface area contributed by atoms with Crippen LogP contribution in [-0.4, -0.2) is 41.1 Å². The molecule has 96 valence electrons. The number of carbonyl (C=O) groups excluding carboxylic acids is 1. The van der Waals surface area contributed by atoms with Crippen LogP contribution in [-0.2, 0) is 4.79 Å². The van der Waals surface area contributed by atoms with E-state index in [0.29, 0.717) is 26.1 Å². The minimum atomic E-state index is -0.837. The largest absolute Gasteiger partial charge is 0.389 e. The lowest BCUT2D eigenvalue weighted by Gasteiger charge is -2.29. The molecule has 0 aliphatic rings. The third-order valence-electron chi connectivity index (χ3n) is 2.69. The smallest absolute Gasteiger partial charge is 0.222 e. The molecule has 0 bridgehead atoms. The second-order valence-corrected chi connectivity index (χ2v) is 4.93. The summed E-state index contributed by atoms with van der Waals surface area (Å²) < 4.78 is 0. The van der Waals surface area contributed by atoms with Crippen molar-refractivity contribution in [3.63, 3.8) is 0 Å². The van der Waals surface area contributed by atoms with Crippen molar-refractivity contribution in [2.45, 2.75) is 46.1 Å². The average Bonchev–Trinajstić information content (AvgIpc) is 2.20. The summed E-state index contributed by atoms with van der Waals surface area (Å²) in [6.45, 7) is 8.94. The molecule has 0 spiro atoms. The van der Waals surface area contributed by atoms with Crippen LogP contribution in [0.5, 0.6) is 0 Å². The van der Waals surface area contributed by atoms with Gasteiger partial charge in [-0.25, -0.2) is 0 Å². The molecule has 0 rings (SSSR count). The van der Waals surface area contributed by atoms with Gasteiger partial charge in [0.15, 0.2) is 0 Å². The maximum Gasteiger partial charge on any atom is 0.222 e. The third kappa shape index (κ3) is 6.08. The lowest BCUT2D eigenvalue weighted by Crippen LogP contribution is -2.43. The van der Waals surface area contributed by atoms with Gasteiger partial charge in [-0.1, -0.05) is 13.3 Å². The van der Waals surface area contributed by atoms with E-state index in [1.54, 1.807) is 18.7 Å². The van der Waals surface area contributed by atoms with Gasteiger partial charge < -0.3 is 15.7 Å². The van der Waals surface area contributed by atoms with Crippen LogP contribution in [0.1, 0.15) is 40.5 Å². The summed E-state index contributed by atoms with van der Waals surface area (Å²) >= 11 is 0. The zero-order valence-corrected chi connectivity index (χ0v) is 11.0. The predicted molar refractivity (Wildman–Crippen MR) is 66.0 cm³/mol. The Hall–Kier alpha value is -0.610. The molecule has 0 aromatic rings. The number of nitrogens with two attached hydrogens (primary N) is 1. The van der Waals surface area contributed by atoms with Gasteiger partial charge in [-0.3, -0.25) is 4.79 Å². The zero-order valence-electron chi connectivity index (χ0n) is 11.0. The minimum Gasteiger partial charge on any atom is -0.389 e. The standard InChI is InChI=1S/C12H26N2O2/c1-5-10(8-13)7-11(15)14(6-2)9-12(3,4)16/h10,16H,5-9,13H2,1-4H3. The van der Waals surface area contributed by atoms with Crippen molar-refractivity contribution in [3.05, 3.63) is 0 Å². The Balaban J connectivity index is 4.31. The van der Waals surface area contributed by atoms with E-state index in [2.05, 4.69) is 0 Å². The van der Waals surface area contributed by atoms with Gasteiger partial charge in [0.1, 0.15) is 0 Å². The van der Waals surface area contributed by atoms with Gasteiger partial charge in [-0.2, -0.15) is 0 Å². The molecule has 1 unspecified atom stereocenters. The van der Waals surface area contributed by atoms with Crippen molar-refractivity contribution in [1.82, 2.24) is 4.90 Å². The summed E-state index contributed by atoms with van der Waals surface area (Å²) in [5, 5.41) is 9.70. The molecule has 1 atom stereocenters. The van der Waals surface area contributed by atoms with Gasteiger partial charge in [0.25, 0.3) is 0 Å². The van der Waals surface area contributed by atoms with Gasteiger partial charge >= 0.3 is 0 Å². The van der Waals surface area contributed by atoms with Crippen molar-refractivity contribution < 1.29 is 9.90 Å². The molecular weight excluding hydrogens is 204 g/mol. The summed E-state index contributed by atoms with van der Waals surface area (Å²) in [7, 11) is 0. The van der Waals surface area contributed by atoms with Crippen LogP contribution >= 0.6 is 0 Å². The second kappa shape index (κ2) is 6.86. The first kappa shape index (κ1) is 15.4. The number of carbonyl (C=O) groups is 1. The highest BCUT2D eigenvalue weighted by molar-refractivity contribution is 5.76. The number of amides is 1. The Labute approximate surface area is 98.8 Å². The van der Waals surface area contributed by atoms with Crippen LogP contribution in [0.2, 0.25) is 0 Å². The van der Waals surface area contributed by atoms with E-state index in [1.807, 2.05) is 13.8 Å². The van der Waals surface area contributed by atoms with Crippen molar-refractivity contribution in [3.8, 4) is 0 Å². The molecule has 0 aromatic carbocycles. The van der Waals surface area contributed by atoms with E-state index in [4.69, 9.17) is 5.73 Å². The zero-order chi connectivity index (χ0) is 12.8. The molecule has 4 heteroatoms. The Morgan fingerprint density at radius 1 is 1.44 bits per heavy atom. The molecule has 0 saturated heterocycles. The van der Waals surface area contributed by atoms with Gasteiger partial charge in [0, 0.05) is 19.5 Å². The molecule has 4 nitrogen and oxygen atoms in total. The highest BCUT2D eigenvalue weighted by atomic mass is 16.3. The lowest BCUT2D eigenvalue weighted by atomic mass is 10.0. The average molecular weight is 230 g/mol. The second-order valence-electron chi connectivity index (χ2n) is 4.93. The number of hydrogen-bond acceptors (Lipinski definition) is 3. The molecule has 0 radical (unpaired) electrons. The number of hydrogen-bond donors (Lipinski definition) is 2. The molecule has 0 aliphatic carbocycles. The van der Waals surface area contributed by atoms with Crippen molar-refractivity contribution in [1.29, 1.82) is 0 Å². The fraction of sp³-hybridized carbons (Fsp3) is 0.917. The van der Waals surface area contributed by atoms with Crippen molar-refractivity contribution in [2.24, 2.45) is 11.7 Å². The van der Waals surface area contributed by atoms with Crippen LogP contribution in [0.25, 0.3) is 0 Å². The van der Waals surface area contributed by atoms with E-state index in [-0.39, 0.29) is 11.8 Å². The molecule has 0 heterocycles. The highest BCUT2D eigenvalue weighted by Gasteiger charge is 2.22. The number of rotatable bonds is 7. The first-order chi connectivity index (χ1) is 7.34. The number of nitrogens with zero attached hydrogens (tertiary/aromatic N) is 1. The van der Waals surface area contributed by atoms with E-state index >= 15 is 0 Å². The van der Waals surface area contributed by atoms with Crippen LogP contribution < -0.4 is 5.73 Å².